The first-order valence-corrected chi connectivity index (χ1v) is 14.0. The molecule has 5 rings (SSSR count). The van der Waals surface area contributed by atoms with Crippen LogP contribution < -0.4 is 10.6 Å². The number of phenols is 1. The Bertz CT molecular complexity index is 1560. The SMILES string of the molecule is CC(C)(C)c1ccc(C(=O)Nc2ccc(-c3cc(C4CCCC4)n(C(=O)NCc4cccc(F)c4)n3)c(O)c2)cc1. The van der Waals surface area contributed by atoms with E-state index in [2.05, 4.69) is 36.5 Å². The molecule has 1 aliphatic carbocycles. The lowest BCUT2D eigenvalue weighted by Gasteiger charge is -2.19. The number of amides is 2. The Morgan fingerprint density at radius 3 is 2.39 bits per heavy atom. The molecule has 1 heterocycles. The summed E-state index contributed by atoms with van der Waals surface area (Å²) >= 11 is 0. The van der Waals surface area contributed by atoms with E-state index in [9.17, 15) is 19.1 Å². The van der Waals surface area contributed by atoms with Gasteiger partial charge in [0.2, 0.25) is 0 Å². The van der Waals surface area contributed by atoms with Crippen molar-refractivity contribution in [2.24, 2.45) is 0 Å². The lowest BCUT2D eigenvalue weighted by Crippen LogP contribution is -2.30. The summed E-state index contributed by atoms with van der Waals surface area (Å²) in [6.45, 7) is 6.51. The number of carbonyl (C=O) groups is 2. The molecule has 0 bridgehead atoms. The molecule has 212 valence electrons. The fourth-order valence-electron chi connectivity index (χ4n) is 5.25. The van der Waals surface area contributed by atoms with Crippen molar-refractivity contribution in [2.75, 3.05) is 5.32 Å². The molecule has 1 fully saturated rings. The fourth-order valence-corrected chi connectivity index (χ4v) is 5.25. The normalized spacial score (nSPS) is 13.8. The number of hydrogen-bond acceptors (Lipinski definition) is 4. The summed E-state index contributed by atoms with van der Waals surface area (Å²) in [4.78, 5) is 26.0. The van der Waals surface area contributed by atoms with Crippen molar-refractivity contribution >= 4 is 17.6 Å². The maximum Gasteiger partial charge on any atom is 0.342 e. The van der Waals surface area contributed by atoms with Gasteiger partial charge in [0.15, 0.2) is 0 Å². The van der Waals surface area contributed by atoms with Crippen LogP contribution >= 0.6 is 0 Å². The zero-order valence-corrected chi connectivity index (χ0v) is 23.6. The van der Waals surface area contributed by atoms with Crippen molar-refractivity contribution in [3.8, 4) is 17.0 Å². The van der Waals surface area contributed by atoms with Gasteiger partial charge in [-0.15, -0.1) is 0 Å². The Hall–Kier alpha value is -4.46. The van der Waals surface area contributed by atoms with Gasteiger partial charge in [-0.05, 0) is 71.8 Å². The standard InChI is InChI=1S/C33H35FN4O3/c1-33(2,3)24-13-11-23(12-14-24)31(40)36-26-15-16-27(30(39)18-26)28-19-29(22-8-4-5-9-22)38(37-28)32(41)35-20-21-7-6-10-25(34)17-21/h6-7,10-19,22,39H,4-5,8-9,20H2,1-3H3,(H,35,41)(H,36,40). The van der Waals surface area contributed by atoms with Crippen LogP contribution in [0.5, 0.6) is 5.75 Å². The minimum atomic E-state index is -0.414. The van der Waals surface area contributed by atoms with Crippen molar-refractivity contribution in [3.05, 3.63) is 101 Å². The minimum absolute atomic E-state index is 0.0107. The molecule has 0 unspecified atom stereocenters. The van der Waals surface area contributed by atoms with E-state index in [1.807, 2.05) is 18.2 Å². The van der Waals surface area contributed by atoms with Crippen LogP contribution in [0.4, 0.5) is 14.9 Å². The van der Waals surface area contributed by atoms with E-state index < -0.39 is 6.03 Å². The molecule has 1 saturated carbocycles. The second-order valence-electron chi connectivity index (χ2n) is 11.6. The first-order valence-electron chi connectivity index (χ1n) is 14.0. The van der Waals surface area contributed by atoms with Crippen molar-refractivity contribution in [3.63, 3.8) is 0 Å². The number of phenolic OH excluding ortho intramolecular Hbond substituents is 1. The van der Waals surface area contributed by atoms with Gasteiger partial charge in [0.1, 0.15) is 11.6 Å². The Kier molecular flexibility index (Phi) is 7.92. The predicted octanol–water partition coefficient (Wildman–Crippen LogP) is 7.36. The molecule has 3 N–H and O–H groups in total. The summed E-state index contributed by atoms with van der Waals surface area (Å²) in [5, 5.41) is 21.1. The van der Waals surface area contributed by atoms with Crippen LogP contribution in [0.1, 0.15) is 79.6 Å². The van der Waals surface area contributed by atoms with Crippen LogP contribution in [0.15, 0.2) is 72.8 Å². The highest BCUT2D eigenvalue weighted by Crippen LogP contribution is 2.38. The van der Waals surface area contributed by atoms with Crippen LogP contribution in [0.3, 0.4) is 0 Å². The molecule has 8 heteroatoms. The molecule has 1 aromatic heterocycles. The summed E-state index contributed by atoms with van der Waals surface area (Å²) in [5.41, 5.74) is 4.43. The van der Waals surface area contributed by atoms with E-state index >= 15 is 0 Å². The van der Waals surface area contributed by atoms with Crippen LogP contribution in [-0.2, 0) is 12.0 Å². The zero-order valence-electron chi connectivity index (χ0n) is 23.6. The fraction of sp³-hybridized carbons (Fsp3) is 0.303. The van der Waals surface area contributed by atoms with E-state index in [1.54, 1.807) is 36.4 Å². The molecule has 0 aliphatic heterocycles. The maximum absolute atomic E-state index is 13.6. The molecular formula is C33H35FN4O3. The molecule has 41 heavy (non-hydrogen) atoms. The predicted molar refractivity (Wildman–Crippen MR) is 158 cm³/mol. The summed E-state index contributed by atoms with van der Waals surface area (Å²) in [7, 11) is 0. The van der Waals surface area contributed by atoms with Gasteiger partial charge in [0.05, 0.1) is 11.4 Å². The number of rotatable bonds is 6. The number of hydrogen-bond donors (Lipinski definition) is 3. The molecule has 0 atom stereocenters. The number of aromatic nitrogens is 2. The monoisotopic (exact) mass is 554 g/mol. The Morgan fingerprint density at radius 1 is 1.00 bits per heavy atom. The number of benzene rings is 3. The van der Waals surface area contributed by atoms with Crippen molar-refractivity contribution < 1.29 is 19.1 Å². The molecule has 0 spiro atoms. The van der Waals surface area contributed by atoms with E-state index in [0.29, 0.717) is 28.1 Å². The van der Waals surface area contributed by atoms with Crippen LogP contribution in [-0.4, -0.2) is 26.8 Å². The highest BCUT2D eigenvalue weighted by atomic mass is 19.1. The van der Waals surface area contributed by atoms with Crippen LogP contribution in [0, 0.1) is 5.82 Å². The third-order valence-corrected chi connectivity index (χ3v) is 7.58. The number of anilines is 1. The Morgan fingerprint density at radius 2 is 1.73 bits per heavy atom. The van der Waals surface area contributed by atoms with Gasteiger partial charge in [-0.2, -0.15) is 9.78 Å². The van der Waals surface area contributed by atoms with E-state index in [0.717, 1.165) is 36.9 Å². The van der Waals surface area contributed by atoms with Crippen molar-refractivity contribution in [1.29, 1.82) is 0 Å². The molecule has 3 aromatic carbocycles. The van der Waals surface area contributed by atoms with Crippen LogP contribution in [0.2, 0.25) is 0 Å². The number of halogens is 1. The Balaban J connectivity index is 1.35. The average Bonchev–Trinajstić information content (AvgIpc) is 3.62. The van der Waals surface area contributed by atoms with Gasteiger partial charge in [0, 0.05) is 35.3 Å². The van der Waals surface area contributed by atoms with E-state index in [1.165, 1.54) is 22.9 Å². The average molecular weight is 555 g/mol. The van der Waals surface area contributed by atoms with E-state index in [4.69, 9.17) is 0 Å². The first-order chi connectivity index (χ1) is 19.6. The molecule has 1 aliphatic rings. The van der Waals surface area contributed by atoms with Gasteiger partial charge in [-0.3, -0.25) is 4.79 Å². The Labute approximate surface area is 239 Å². The molecule has 0 saturated heterocycles. The quantitative estimate of drug-likeness (QED) is 0.232. The smallest absolute Gasteiger partial charge is 0.342 e. The lowest BCUT2D eigenvalue weighted by molar-refractivity contribution is 0.102. The third-order valence-electron chi connectivity index (χ3n) is 7.58. The van der Waals surface area contributed by atoms with Gasteiger partial charge in [-0.1, -0.05) is 57.9 Å². The van der Waals surface area contributed by atoms with Gasteiger partial charge < -0.3 is 15.7 Å². The van der Waals surface area contributed by atoms with Gasteiger partial charge in [0.25, 0.3) is 5.91 Å². The number of carbonyl (C=O) groups excluding carboxylic acids is 2. The minimum Gasteiger partial charge on any atom is -0.507 e. The van der Waals surface area contributed by atoms with E-state index in [-0.39, 0.29) is 35.4 Å². The van der Waals surface area contributed by atoms with Gasteiger partial charge >= 0.3 is 6.03 Å². The maximum atomic E-state index is 13.6. The number of nitrogens with one attached hydrogen (secondary N) is 2. The summed E-state index contributed by atoms with van der Waals surface area (Å²) in [6.07, 6.45) is 4.06. The first kappa shape index (κ1) is 28.1. The second-order valence-corrected chi connectivity index (χ2v) is 11.6. The number of aromatic hydroxyl groups is 1. The zero-order chi connectivity index (χ0) is 29.1. The summed E-state index contributed by atoms with van der Waals surface area (Å²) in [6, 6.07) is 19.9. The topological polar surface area (TPSA) is 96.3 Å². The lowest BCUT2D eigenvalue weighted by atomic mass is 9.87. The second kappa shape index (κ2) is 11.6. The molecule has 4 aromatic rings. The number of nitrogens with zero attached hydrogens (tertiary/aromatic N) is 2. The molecule has 0 radical (unpaired) electrons. The highest BCUT2D eigenvalue weighted by Gasteiger charge is 2.26. The molecule has 7 nitrogen and oxygen atoms in total. The molecule has 2 amide bonds. The van der Waals surface area contributed by atoms with Crippen molar-refractivity contribution in [1.82, 2.24) is 15.1 Å². The summed E-state index contributed by atoms with van der Waals surface area (Å²) < 4.78 is 14.9. The highest BCUT2D eigenvalue weighted by molar-refractivity contribution is 6.04. The van der Waals surface area contributed by atoms with Crippen molar-refractivity contribution in [2.45, 2.75) is 64.3 Å². The van der Waals surface area contributed by atoms with Gasteiger partial charge in [-0.25, -0.2) is 9.18 Å². The molecular weight excluding hydrogens is 519 g/mol. The third kappa shape index (κ3) is 6.48. The largest absolute Gasteiger partial charge is 0.507 e. The van der Waals surface area contributed by atoms with Crippen LogP contribution in [0.25, 0.3) is 11.3 Å². The summed E-state index contributed by atoms with van der Waals surface area (Å²) in [5.74, 6) is -0.520.